The largest absolute Gasteiger partial charge is 0.393 e. The monoisotopic (exact) mass is 228 g/mol. The summed E-state index contributed by atoms with van der Waals surface area (Å²) in [6.07, 6.45) is 2.31. The van der Waals surface area contributed by atoms with Crippen molar-refractivity contribution in [3.05, 3.63) is 34.6 Å². The molecular weight excluding hydrogens is 215 g/mol. The second kappa shape index (κ2) is 3.76. The van der Waals surface area contributed by atoms with Gasteiger partial charge in [0.1, 0.15) is 5.82 Å². The average Bonchev–Trinajstić information content (AvgIpc) is 2.92. The lowest BCUT2D eigenvalue weighted by Gasteiger charge is -2.19. The minimum Gasteiger partial charge on any atom is -0.393 e. The van der Waals surface area contributed by atoms with Crippen LogP contribution in [0.4, 0.5) is 4.39 Å². The molecule has 0 heterocycles. The summed E-state index contributed by atoms with van der Waals surface area (Å²) in [7, 11) is 0. The van der Waals surface area contributed by atoms with Crippen molar-refractivity contribution in [1.82, 2.24) is 0 Å². The zero-order valence-electron chi connectivity index (χ0n) is 8.63. The second-order valence-corrected chi connectivity index (χ2v) is 4.86. The number of halogens is 2. The molecule has 0 radical (unpaired) electrons. The first-order valence-corrected chi connectivity index (χ1v) is 5.53. The molecule has 3 heteroatoms. The maximum Gasteiger partial charge on any atom is 0.123 e. The summed E-state index contributed by atoms with van der Waals surface area (Å²) in [5.74, 6) is -0.268. The van der Waals surface area contributed by atoms with Crippen LogP contribution in [0.3, 0.4) is 0 Å². The molecule has 0 bridgehead atoms. The van der Waals surface area contributed by atoms with Gasteiger partial charge in [0.05, 0.1) is 6.10 Å². The molecular formula is C12H14ClFO. The van der Waals surface area contributed by atoms with E-state index in [4.69, 9.17) is 11.6 Å². The lowest BCUT2D eigenvalue weighted by atomic mass is 9.91. The maximum atomic E-state index is 13.0. The van der Waals surface area contributed by atoms with E-state index in [0.717, 1.165) is 18.4 Å². The molecule has 0 aliphatic heterocycles. The van der Waals surface area contributed by atoms with Crippen LogP contribution in [-0.2, 0) is 6.42 Å². The fourth-order valence-electron chi connectivity index (χ4n) is 1.96. The lowest BCUT2D eigenvalue weighted by Crippen LogP contribution is -2.20. The zero-order chi connectivity index (χ0) is 11.1. The van der Waals surface area contributed by atoms with Crippen LogP contribution in [0.5, 0.6) is 0 Å². The van der Waals surface area contributed by atoms with Crippen LogP contribution in [-0.4, -0.2) is 11.2 Å². The van der Waals surface area contributed by atoms with Gasteiger partial charge in [-0.2, -0.15) is 0 Å². The van der Waals surface area contributed by atoms with Crippen molar-refractivity contribution in [2.45, 2.75) is 32.3 Å². The van der Waals surface area contributed by atoms with E-state index in [9.17, 15) is 9.50 Å². The highest BCUT2D eigenvalue weighted by molar-refractivity contribution is 6.31. The molecule has 1 saturated carbocycles. The number of aliphatic hydroxyl groups excluding tert-OH is 1. The molecule has 1 N–H and O–H groups in total. The minimum absolute atomic E-state index is 0.0581. The van der Waals surface area contributed by atoms with Gasteiger partial charge in [-0.15, -0.1) is 0 Å². The van der Waals surface area contributed by atoms with Crippen LogP contribution >= 0.6 is 11.6 Å². The number of rotatable bonds is 3. The summed E-state index contributed by atoms with van der Waals surface area (Å²) in [4.78, 5) is 0. The first-order valence-electron chi connectivity index (χ1n) is 5.15. The van der Waals surface area contributed by atoms with Gasteiger partial charge in [-0.25, -0.2) is 4.39 Å². The van der Waals surface area contributed by atoms with Crippen molar-refractivity contribution in [3.8, 4) is 0 Å². The van der Waals surface area contributed by atoms with Gasteiger partial charge in [0, 0.05) is 10.4 Å². The van der Waals surface area contributed by atoms with Gasteiger partial charge in [0.15, 0.2) is 0 Å². The number of hydrogen-bond donors (Lipinski definition) is 1. The zero-order valence-corrected chi connectivity index (χ0v) is 9.39. The van der Waals surface area contributed by atoms with Gasteiger partial charge in [-0.05, 0) is 49.9 Å². The van der Waals surface area contributed by atoms with E-state index in [1.54, 1.807) is 13.0 Å². The van der Waals surface area contributed by atoms with E-state index in [1.165, 1.54) is 12.1 Å². The highest BCUT2D eigenvalue weighted by Crippen LogP contribution is 2.51. The Morgan fingerprint density at radius 1 is 1.53 bits per heavy atom. The standard InChI is InChI=1S/C12H14ClFO/c1-8(15)12(4-5-12)7-9-6-10(14)2-3-11(9)13/h2-3,6,8,15H,4-5,7H2,1H3. The molecule has 82 valence electrons. The van der Waals surface area contributed by atoms with Crippen LogP contribution in [0.15, 0.2) is 18.2 Å². The Hall–Kier alpha value is -0.600. The summed E-state index contributed by atoms with van der Waals surface area (Å²) in [6.45, 7) is 1.79. The summed E-state index contributed by atoms with van der Waals surface area (Å²) < 4.78 is 13.0. The molecule has 1 aliphatic rings. The smallest absolute Gasteiger partial charge is 0.123 e. The van der Waals surface area contributed by atoms with Crippen molar-refractivity contribution < 1.29 is 9.50 Å². The van der Waals surface area contributed by atoms with Gasteiger partial charge >= 0.3 is 0 Å². The average molecular weight is 229 g/mol. The Bertz CT molecular complexity index is 372. The van der Waals surface area contributed by atoms with Crippen molar-refractivity contribution in [3.63, 3.8) is 0 Å². The SMILES string of the molecule is CC(O)C1(Cc2cc(F)ccc2Cl)CC1. The molecule has 1 aliphatic carbocycles. The second-order valence-electron chi connectivity index (χ2n) is 4.45. The molecule has 0 saturated heterocycles. The van der Waals surface area contributed by atoms with Gasteiger partial charge in [-0.3, -0.25) is 0 Å². The minimum atomic E-state index is -0.350. The molecule has 1 aromatic carbocycles. The van der Waals surface area contributed by atoms with Crippen LogP contribution in [0, 0.1) is 11.2 Å². The summed E-state index contributed by atoms with van der Waals surface area (Å²) in [6, 6.07) is 4.39. The van der Waals surface area contributed by atoms with Crippen molar-refractivity contribution >= 4 is 11.6 Å². The van der Waals surface area contributed by atoms with E-state index in [1.807, 2.05) is 0 Å². The molecule has 2 rings (SSSR count). The molecule has 1 fully saturated rings. The highest BCUT2D eigenvalue weighted by Gasteiger charge is 2.46. The van der Waals surface area contributed by atoms with Crippen molar-refractivity contribution in [2.75, 3.05) is 0 Å². The van der Waals surface area contributed by atoms with Crippen LogP contribution in [0.1, 0.15) is 25.3 Å². The van der Waals surface area contributed by atoms with Crippen molar-refractivity contribution in [1.29, 1.82) is 0 Å². The normalized spacial score (nSPS) is 20.0. The fraction of sp³-hybridized carbons (Fsp3) is 0.500. The molecule has 1 unspecified atom stereocenters. The molecule has 0 aromatic heterocycles. The topological polar surface area (TPSA) is 20.2 Å². The third-order valence-electron chi connectivity index (χ3n) is 3.33. The number of benzene rings is 1. The molecule has 0 amide bonds. The van der Waals surface area contributed by atoms with E-state index >= 15 is 0 Å². The third-order valence-corrected chi connectivity index (χ3v) is 3.70. The van der Waals surface area contributed by atoms with E-state index in [-0.39, 0.29) is 17.3 Å². The first-order chi connectivity index (χ1) is 7.03. The Balaban J connectivity index is 2.21. The third kappa shape index (κ3) is 2.16. The Labute approximate surface area is 93.9 Å². The predicted molar refractivity (Wildman–Crippen MR) is 58.5 cm³/mol. The van der Waals surface area contributed by atoms with Crippen LogP contribution < -0.4 is 0 Å². The van der Waals surface area contributed by atoms with Crippen LogP contribution in [0.2, 0.25) is 5.02 Å². The molecule has 0 spiro atoms. The van der Waals surface area contributed by atoms with Gasteiger partial charge in [0.2, 0.25) is 0 Å². The first kappa shape index (κ1) is 10.9. The highest BCUT2D eigenvalue weighted by atomic mass is 35.5. The lowest BCUT2D eigenvalue weighted by molar-refractivity contribution is 0.110. The molecule has 1 atom stereocenters. The van der Waals surface area contributed by atoms with E-state index in [2.05, 4.69) is 0 Å². The molecule has 1 nitrogen and oxygen atoms in total. The predicted octanol–water partition coefficient (Wildman–Crippen LogP) is 3.18. The van der Waals surface area contributed by atoms with Crippen LogP contribution in [0.25, 0.3) is 0 Å². The van der Waals surface area contributed by atoms with Gasteiger partial charge < -0.3 is 5.11 Å². The van der Waals surface area contributed by atoms with Gasteiger partial charge in [0.25, 0.3) is 0 Å². The summed E-state index contributed by atoms with van der Waals surface area (Å²) in [5, 5.41) is 10.2. The Morgan fingerprint density at radius 2 is 2.20 bits per heavy atom. The van der Waals surface area contributed by atoms with E-state index in [0.29, 0.717) is 11.4 Å². The molecule has 1 aromatic rings. The Morgan fingerprint density at radius 3 is 2.73 bits per heavy atom. The quantitative estimate of drug-likeness (QED) is 0.843. The Kier molecular flexibility index (Phi) is 2.73. The fourth-order valence-corrected chi connectivity index (χ4v) is 2.15. The number of aliphatic hydroxyl groups is 1. The summed E-state index contributed by atoms with van der Waals surface area (Å²) >= 11 is 5.99. The van der Waals surface area contributed by atoms with Crippen molar-refractivity contribution in [2.24, 2.45) is 5.41 Å². The molecule has 15 heavy (non-hydrogen) atoms. The van der Waals surface area contributed by atoms with E-state index < -0.39 is 0 Å². The van der Waals surface area contributed by atoms with Gasteiger partial charge in [-0.1, -0.05) is 11.6 Å². The number of hydrogen-bond acceptors (Lipinski definition) is 1. The maximum absolute atomic E-state index is 13.0. The summed E-state index contributed by atoms with van der Waals surface area (Å²) in [5.41, 5.74) is 0.743.